The largest absolute Gasteiger partial charge is 0.204 e. The molecular formula is C14H9BrF2S2. The van der Waals surface area contributed by atoms with Crippen molar-refractivity contribution >= 4 is 48.0 Å². The van der Waals surface area contributed by atoms with Gasteiger partial charge in [-0.15, -0.1) is 22.7 Å². The normalized spacial score (nSPS) is 13.0. The maximum Gasteiger partial charge on any atom is 0.159 e. The van der Waals surface area contributed by atoms with E-state index in [4.69, 9.17) is 0 Å². The summed E-state index contributed by atoms with van der Waals surface area (Å²) in [5, 5.41) is 2.07. The number of rotatable bonds is 3. The molecule has 0 radical (unpaired) electrons. The average Bonchev–Trinajstić information content (AvgIpc) is 2.94. The van der Waals surface area contributed by atoms with Gasteiger partial charge >= 0.3 is 0 Å². The lowest BCUT2D eigenvalue weighted by molar-refractivity contribution is 0.507. The molecule has 2 heterocycles. The van der Waals surface area contributed by atoms with E-state index in [9.17, 15) is 8.78 Å². The van der Waals surface area contributed by atoms with Gasteiger partial charge in [-0.05, 0) is 41.6 Å². The van der Waals surface area contributed by atoms with Crippen LogP contribution in [-0.2, 0) is 6.42 Å². The van der Waals surface area contributed by atoms with Crippen molar-refractivity contribution in [3.8, 4) is 0 Å². The third-order valence-corrected chi connectivity index (χ3v) is 6.19. The topological polar surface area (TPSA) is 0 Å². The van der Waals surface area contributed by atoms with E-state index in [-0.39, 0.29) is 4.83 Å². The van der Waals surface area contributed by atoms with E-state index < -0.39 is 11.6 Å². The first-order valence-corrected chi connectivity index (χ1v) is 8.29. The highest BCUT2D eigenvalue weighted by Gasteiger charge is 2.14. The van der Waals surface area contributed by atoms with Gasteiger partial charge in [-0.3, -0.25) is 0 Å². The molecule has 5 heteroatoms. The molecule has 1 atom stereocenters. The Morgan fingerprint density at radius 1 is 1.05 bits per heavy atom. The maximum atomic E-state index is 13.2. The lowest BCUT2D eigenvalue weighted by Gasteiger charge is -2.07. The van der Waals surface area contributed by atoms with Gasteiger partial charge in [0.25, 0.3) is 0 Å². The molecule has 0 aliphatic carbocycles. The van der Waals surface area contributed by atoms with Crippen LogP contribution in [0.3, 0.4) is 0 Å². The number of hydrogen-bond donors (Lipinski definition) is 0. The minimum atomic E-state index is -0.800. The smallest absolute Gasteiger partial charge is 0.159 e. The standard InChI is InChI=1S/C14H9BrF2S2/c15-9(5-8-1-2-10(16)11(17)6-8)13-7-14-12(19-13)3-4-18-14/h1-4,6-7,9H,5H2. The zero-order chi connectivity index (χ0) is 13.4. The SMILES string of the molecule is Fc1ccc(CC(Br)c2cc3sccc3s2)cc1F. The van der Waals surface area contributed by atoms with Gasteiger partial charge in [-0.1, -0.05) is 22.0 Å². The van der Waals surface area contributed by atoms with Gasteiger partial charge in [0.05, 0.1) is 4.83 Å². The van der Waals surface area contributed by atoms with Crippen molar-refractivity contribution in [2.24, 2.45) is 0 Å². The van der Waals surface area contributed by atoms with Gasteiger partial charge in [0.15, 0.2) is 11.6 Å². The Bertz CT molecular complexity index is 689. The van der Waals surface area contributed by atoms with E-state index >= 15 is 0 Å². The first kappa shape index (κ1) is 13.2. The first-order chi connectivity index (χ1) is 9.13. The Labute approximate surface area is 125 Å². The number of hydrogen-bond acceptors (Lipinski definition) is 2. The Morgan fingerprint density at radius 2 is 1.89 bits per heavy atom. The van der Waals surface area contributed by atoms with Crippen molar-refractivity contribution in [3.63, 3.8) is 0 Å². The van der Waals surface area contributed by atoms with Crippen LogP contribution in [0.5, 0.6) is 0 Å². The van der Waals surface area contributed by atoms with E-state index in [1.165, 1.54) is 26.4 Å². The molecule has 0 nitrogen and oxygen atoms in total. The monoisotopic (exact) mass is 358 g/mol. The number of fused-ring (bicyclic) bond motifs is 1. The third kappa shape index (κ3) is 2.73. The van der Waals surface area contributed by atoms with Crippen LogP contribution in [0.4, 0.5) is 8.78 Å². The molecule has 0 fully saturated rings. The fourth-order valence-corrected chi connectivity index (χ4v) is 4.80. The van der Waals surface area contributed by atoms with E-state index in [0.29, 0.717) is 6.42 Å². The molecule has 0 N–H and O–H groups in total. The van der Waals surface area contributed by atoms with E-state index in [2.05, 4.69) is 33.4 Å². The molecule has 3 rings (SSSR count). The lowest BCUT2D eigenvalue weighted by Crippen LogP contribution is -1.95. The maximum absolute atomic E-state index is 13.2. The van der Waals surface area contributed by atoms with Crippen molar-refractivity contribution in [2.45, 2.75) is 11.2 Å². The molecule has 2 aromatic heterocycles. The van der Waals surface area contributed by atoms with Crippen LogP contribution < -0.4 is 0 Å². The van der Waals surface area contributed by atoms with Crippen molar-refractivity contribution < 1.29 is 8.78 Å². The third-order valence-electron chi connectivity index (χ3n) is 2.87. The molecule has 0 saturated heterocycles. The predicted octanol–water partition coefficient (Wildman–Crippen LogP) is 5.92. The zero-order valence-corrected chi connectivity index (χ0v) is 12.9. The highest BCUT2D eigenvalue weighted by atomic mass is 79.9. The molecule has 1 unspecified atom stereocenters. The second kappa shape index (κ2) is 5.31. The molecule has 19 heavy (non-hydrogen) atoms. The fraction of sp³-hybridized carbons (Fsp3) is 0.143. The van der Waals surface area contributed by atoms with Gasteiger partial charge in [0, 0.05) is 14.3 Å². The van der Waals surface area contributed by atoms with Crippen LogP contribution in [0.1, 0.15) is 15.3 Å². The average molecular weight is 359 g/mol. The molecule has 0 aliphatic rings. The van der Waals surface area contributed by atoms with Crippen LogP contribution in [0.15, 0.2) is 35.7 Å². The molecule has 0 saturated carbocycles. The van der Waals surface area contributed by atoms with Gasteiger partial charge < -0.3 is 0 Å². The number of halogens is 3. The molecule has 1 aromatic carbocycles. The Balaban J connectivity index is 1.82. The molecule has 3 aromatic rings. The first-order valence-electron chi connectivity index (χ1n) is 5.68. The summed E-state index contributed by atoms with van der Waals surface area (Å²) in [5.41, 5.74) is 0.789. The van der Waals surface area contributed by atoms with Crippen LogP contribution >= 0.6 is 38.6 Å². The quantitative estimate of drug-likeness (QED) is 0.509. The fourth-order valence-electron chi connectivity index (χ4n) is 1.91. The summed E-state index contributed by atoms with van der Waals surface area (Å²) >= 11 is 7.08. The minimum absolute atomic E-state index is 0.127. The molecule has 0 spiro atoms. The number of benzene rings is 1. The second-order valence-electron chi connectivity index (χ2n) is 4.22. The van der Waals surface area contributed by atoms with Gasteiger partial charge in [0.2, 0.25) is 0 Å². The number of alkyl halides is 1. The summed E-state index contributed by atoms with van der Waals surface area (Å²) in [4.78, 5) is 1.34. The zero-order valence-electron chi connectivity index (χ0n) is 9.70. The van der Waals surface area contributed by atoms with Crippen LogP contribution in [0, 0.1) is 11.6 Å². The van der Waals surface area contributed by atoms with Crippen LogP contribution in [0.2, 0.25) is 0 Å². The van der Waals surface area contributed by atoms with E-state index in [0.717, 1.165) is 5.56 Å². The molecule has 0 aliphatic heterocycles. The van der Waals surface area contributed by atoms with Crippen molar-refractivity contribution in [2.75, 3.05) is 0 Å². The summed E-state index contributed by atoms with van der Waals surface area (Å²) in [7, 11) is 0. The highest BCUT2D eigenvalue weighted by molar-refractivity contribution is 9.09. The van der Waals surface area contributed by atoms with Crippen LogP contribution in [0.25, 0.3) is 9.40 Å². The van der Waals surface area contributed by atoms with Gasteiger partial charge in [-0.25, -0.2) is 8.78 Å². The molecule has 0 bridgehead atoms. The Morgan fingerprint density at radius 3 is 2.63 bits per heavy atom. The minimum Gasteiger partial charge on any atom is -0.204 e. The molecular weight excluding hydrogens is 350 g/mol. The predicted molar refractivity (Wildman–Crippen MR) is 81.4 cm³/mol. The summed E-state index contributed by atoms with van der Waals surface area (Å²) < 4.78 is 28.6. The van der Waals surface area contributed by atoms with Crippen LogP contribution in [-0.4, -0.2) is 0 Å². The Hall–Kier alpha value is -0.780. The second-order valence-corrected chi connectivity index (χ2v) is 7.39. The van der Waals surface area contributed by atoms with Crippen molar-refractivity contribution in [1.82, 2.24) is 0 Å². The van der Waals surface area contributed by atoms with E-state index in [1.807, 2.05) is 0 Å². The van der Waals surface area contributed by atoms with Gasteiger partial charge in [-0.2, -0.15) is 0 Å². The molecule has 0 amide bonds. The summed E-state index contributed by atoms with van der Waals surface area (Å²) in [6.45, 7) is 0. The summed E-state index contributed by atoms with van der Waals surface area (Å²) in [6.07, 6.45) is 0.644. The van der Waals surface area contributed by atoms with Crippen molar-refractivity contribution in [3.05, 3.63) is 57.8 Å². The van der Waals surface area contributed by atoms with Crippen molar-refractivity contribution in [1.29, 1.82) is 0 Å². The number of thiophene rings is 2. The van der Waals surface area contributed by atoms with E-state index in [1.54, 1.807) is 28.7 Å². The summed E-state index contributed by atoms with van der Waals surface area (Å²) in [5.74, 6) is -1.59. The summed E-state index contributed by atoms with van der Waals surface area (Å²) in [6, 6.07) is 8.33. The molecule has 98 valence electrons. The highest BCUT2D eigenvalue weighted by Crippen LogP contribution is 2.38. The van der Waals surface area contributed by atoms with Gasteiger partial charge in [0.1, 0.15) is 0 Å². The Kier molecular flexibility index (Phi) is 3.69. The lowest BCUT2D eigenvalue weighted by atomic mass is 10.1.